The average molecular weight is 262 g/mol. The second kappa shape index (κ2) is 2.97. The third-order valence-corrected chi connectivity index (χ3v) is 2.63. The molecule has 2 rings (SSSR count). The first-order chi connectivity index (χ1) is 6.09. The molecule has 0 saturated carbocycles. The number of amides is 1. The molecule has 0 saturated heterocycles. The maximum absolute atomic E-state index is 11.1. The molecule has 1 heterocycles. The van der Waals surface area contributed by atoms with Crippen LogP contribution in [0.3, 0.4) is 0 Å². The fourth-order valence-corrected chi connectivity index (χ4v) is 2.16. The Morgan fingerprint density at radius 2 is 2.23 bits per heavy atom. The average Bonchev–Trinajstić information content (AvgIpc) is 2.32. The highest BCUT2D eigenvalue weighted by Gasteiger charge is 2.30. The molecule has 0 bridgehead atoms. The van der Waals surface area contributed by atoms with E-state index in [1.54, 1.807) is 12.1 Å². The standard InChI is InChI=1S/C8H5BrClNO2/c9-3-1-4-6(5(10)2-3)11-8(13)7(4)12/h1-2,7,12H,(H,11,13). The van der Waals surface area contributed by atoms with Gasteiger partial charge in [0, 0.05) is 10.0 Å². The Labute approximate surface area is 87.8 Å². The fraction of sp³-hybridized carbons (Fsp3) is 0.125. The molecule has 1 aromatic rings. The molecule has 1 atom stereocenters. The zero-order valence-corrected chi connectivity index (χ0v) is 8.69. The van der Waals surface area contributed by atoms with Crippen LogP contribution in [0.2, 0.25) is 5.02 Å². The number of halogens is 2. The first kappa shape index (κ1) is 8.99. The first-order valence-electron chi connectivity index (χ1n) is 3.57. The number of aliphatic hydroxyl groups excluding tert-OH is 1. The fourth-order valence-electron chi connectivity index (χ4n) is 1.27. The molecule has 0 radical (unpaired) electrons. The predicted molar refractivity (Wildman–Crippen MR) is 52.7 cm³/mol. The van der Waals surface area contributed by atoms with Crippen molar-refractivity contribution in [3.05, 3.63) is 27.2 Å². The van der Waals surface area contributed by atoms with Crippen LogP contribution in [0, 0.1) is 0 Å². The van der Waals surface area contributed by atoms with Gasteiger partial charge in [-0.25, -0.2) is 0 Å². The normalized spacial score (nSPS) is 19.9. The van der Waals surface area contributed by atoms with Crippen molar-refractivity contribution >= 4 is 39.1 Å². The van der Waals surface area contributed by atoms with Gasteiger partial charge in [0.25, 0.3) is 5.91 Å². The first-order valence-corrected chi connectivity index (χ1v) is 4.74. The zero-order chi connectivity index (χ0) is 9.59. The monoisotopic (exact) mass is 261 g/mol. The molecule has 0 aromatic heterocycles. The zero-order valence-electron chi connectivity index (χ0n) is 6.34. The van der Waals surface area contributed by atoms with Crippen LogP contribution in [-0.2, 0) is 4.79 Å². The van der Waals surface area contributed by atoms with E-state index >= 15 is 0 Å². The Bertz CT molecular complexity index is 394. The van der Waals surface area contributed by atoms with Crippen molar-refractivity contribution in [3.63, 3.8) is 0 Å². The molecule has 1 amide bonds. The third kappa shape index (κ3) is 1.35. The third-order valence-electron chi connectivity index (χ3n) is 1.88. The lowest BCUT2D eigenvalue weighted by molar-refractivity contribution is -0.123. The number of hydrogen-bond acceptors (Lipinski definition) is 2. The summed E-state index contributed by atoms with van der Waals surface area (Å²) in [4.78, 5) is 11.1. The number of carbonyl (C=O) groups is 1. The van der Waals surface area contributed by atoms with Crippen LogP contribution in [0.25, 0.3) is 0 Å². The summed E-state index contributed by atoms with van der Waals surface area (Å²) in [5, 5.41) is 12.3. The van der Waals surface area contributed by atoms with Gasteiger partial charge < -0.3 is 10.4 Å². The largest absolute Gasteiger partial charge is 0.378 e. The van der Waals surface area contributed by atoms with Crippen molar-refractivity contribution in [1.82, 2.24) is 0 Å². The van der Waals surface area contributed by atoms with Crippen molar-refractivity contribution in [2.45, 2.75) is 6.10 Å². The molecule has 0 aliphatic carbocycles. The Balaban J connectivity index is 2.63. The highest BCUT2D eigenvalue weighted by Crippen LogP contribution is 2.38. The number of carbonyl (C=O) groups excluding carboxylic acids is 1. The predicted octanol–water partition coefficient (Wildman–Crippen LogP) is 2.09. The van der Waals surface area contributed by atoms with E-state index in [1.165, 1.54) is 0 Å². The van der Waals surface area contributed by atoms with Gasteiger partial charge in [0.15, 0.2) is 6.10 Å². The summed E-state index contributed by atoms with van der Waals surface area (Å²) >= 11 is 9.08. The lowest BCUT2D eigenvalue weighted by Crippen LogP contribution is -2.10. The van der Waals surface area contributed by atoms with Gasteiger partial charge in [-0.2, -0.15) is 0 Å². The van der Waals surface area contributed by atoms with Gasteiger partial charge in [-0.1, -0.05) is 27.5 Å². The van der Waals surface area contributed by atoms with Crippen LogP contribution in [0.15, 0.2) is 16.6 Å². The van der Waals surface area contributed by atoms with E-state index in [-0.39, 0.29) is 0 Å². The Morgan fingerprint density at radius 1 is 1.54 bits per heavy atom. The molecule has 1 unspecified atom stereocenters. The molecule has 1 aliphatic rings. The number of anilines is 1. The van der Waals surface area contributed by atoms with Crippen LogP contribution in [0.1, 0.15) is 11.7 Å². The Hall–Kier alpha value is -0.580. The topological polar surface area (TPSA) is 49.3 Å². The molecular formula is C8H5BrClNO2. The number of rotatable bonds is 0. The summed E-state index contributed by atoms with van der Waals surface area (Å²) in [6.45, 7) is 0. The maximum atomic E-state index is 11.1. The number of fused-ring (bicyclic) bond motifs is 1. The lowest BCUT2D eigenvalue weighted by Gasteiger charge is -2.02. The van der Waals surface area contributed by atoms with E-state index in [0.29, 0.717) is 16.3 Å². The van der Waals surface area contributed by atoms with Gasteiger partial charge >= 0.3 is 0 Å². The van der Waals surface area contributed by atoms with Crippen LogP contribution in [-0.4, -0.2) is 11.0 Å². The molecule has 68 valence electrons. The summed E-state index contributed by atoms with van der Waals surface area (Å²) < 4.78 is 0.742. The Kier molecular flexibility index (Phi) is 2.06. The highest BCUT2D eigenvalue weighted by molar-refractivity contribution is 9.10. The minimum absolute atomic E-state index is 0.425. The highest BCUT2D eigenvalue weighted by atomic mass is 79.9. The summed E-state index contributed by atoms with van der Waals surface area (Å²) in [5.41, 5.74) is 1.02. The summed E-state index contributed by atoms with van der Waals surface area (Å²) in [7, 11) is 0. The van der Waals surface area contributed by atoms with Gasteiger partial charge in [-0.05, 0) is 12.1 Å². The summed E-state index contributed by atoms with van der Waals surface area (Å²) in [6, 6.07) is 3.34. The van der Waals surface area contributed by atoms with E-state index in [2.05, 4.69) is 21.2 Å². The van der Waals surface area contributed by atoms with Crippen LogP contribution >= 0.6 is 27.5 Å². The number of aliphatic hydroxyl groups is 1. The molecule has 0 fully saturated rings. The van der Waals surface area contributed by atoms with Crippen LogP contribution < -0.4 is 5.32 Å². The molecule has 13 heavy (non-hydrogen) atoms. The van der Waals surface area contributed by atoms with E-state index in [0.717, 1.165) is 4.47 Å². The summed E-state index contributed by atoms with van der Waals surface area (Å²) in [5.74, 6) is -0.435. The van der Waals surface area contributed by atoms with Crippen molar-refractivity contribution < 1.29 is 9.90 Å². The van der Waals surface area contributed by atoms with Crippen LogP contribution in [0.5, 0.6) is 0 Å². The van der Waals surface area contributed by atoms with Gasteiger partial charge in [0.05, 0.1) is 10.7 Å². The van der Waals surface area contributed by atoms with Crippen molar-refractivity contribution in [3.8, 4) is 0 Å². The smallest absolute Gasteiger partial charge is 0.257 e. The molecule has 2 N–H and O–H groups in total. The van der Waals surface area contributed by atoms with Gasteiger partial charge in [0.1, 0.15) is 0 Å². The van der Waals surface area contributed by atoms with Gasteiger partial charge in [-0.15, -0.1) is 0 Å². The minimum atomic E-state index is -1.11. The molecule has 0 spiro atoms. The maximum Gasteiger partial charge on any atom is 0.257 e. The van der Waals surface area contributed by atoms with Crippen molar-refractivity contribution in [2.75, 3.05) is 5.32 Å². The van der Waals surface area contributed by atoms with Crippen LogP contribution in [0.4, 0.5) is 5.69 Å². The molecule has 1 aromatic carbocycles. The van der Waals surface area contributed by atoms with E-state index in [4.69, 9.17) is 11.6 Å². The minimum Gasteiger partial charge on any atom is -0.378 e. The number of hydrogen-bond donors (Lipinski definition) is 2. The molecule has 1 aliphatic heterocycles. The van der Waals surface area contributed by atoms with Crippen molar-refractivity contribution in [2.24, 2.45) is 0 Å². The van der Waals surface area contributed by atoms with Gasteiger partial charge in [0.2, 0.25) is 0 Å². The molecule has 5 heteroatoms. The van der Waals surface area contributed by atoms with E-state index in [9.17, 15) is 9.90 Å². The second-order valence-electron chi connectivity index (χ2n) is 2.74. The lowest BCUT2D eigenvalue weighted by atomic mass is 10.1. The quantitative estimate of drug-likeness (QED) is 0.752. The number of nitrogens with one attached hydrogen (secondary N) is 1. The Morgan fingerprint density at radius 3 is 2.92 bits per heavy atom. The SMILES string of the molecule is O=C1Nc2c(Cl)cc(Br)cc2C1O. The molecule has 3 nitrogen and oxygen atoms in total. The number of benzene rings is 1. The van der Waals surface area contributed by atoms with Gasteiger partial charge in [-0.3, -0.25) is 4.79 Å². The van der Waals surface area contributed by atoms with E-state index in [1.807, 2.05) is 0 Å². The van der Waals surface area contributed by atoms with Crippen molar-refractivity contribution in [1.29, 1.82) is 0 Å². The second-order valence-corrected chi connectivity index (χ2v) is 4.07. The van der Waals surface area contributed by atoms with E-state index < -0.39 is 12.0 Å². The summed E-state index contributed by atoms with van der Waals surface area (Å²) in [6.07, 6.45) is -1.11. The molecular weight excluding hydrogens is 257 g/mol.